The second-order valence-electron chi connectivity index (χ2n) is 7.87. The number of ether oxygens (including phenoxy) is 2. The normalized spacial score (nSPS) is 10.4. The number of aryl methyl sites for hydroxylation is 2. The van der Waals surface area contributed by atoms with E-state index in [4.69, 9.17) is 9.47 Å². The number of benzene rings is 3. The van der Waals surface area contributed by atoms with E-state index in [2.05, 4.69) is 25.9 Å². The van der Waals surface area contributed by atoms with E-state index in [0.29, 0.717) is 40.2 Å². The van der Waals surface area contributed by atoms with Crippen molar-refractivity contribution in [3.8, 4) is 11.5 Å². The zero-order valence-electron chi connectivity index (χ0n) is 20.0. The molecule has 0 spiro atoms. The van der Waals surface area contributed by atoms with Crippen LogP contribution in [-0.2, 0) is 0 Å². The maximum atomic E-state index is 12.8. The molecule has 1 heterocycles. The lowest BCUT2D eigenvalue weighted by atomic mass is 10.1. The summed E-state index contributed by atoms with van der Waals surface area (Å²) in [4.78, 5) is 21.7. The van der Waals surface area contributed by atoms with Gasteiger partial charge in [-0.1, -0.05) is 23.8 Å². The molecule has 8 heteroatoms. The third kappa shape index (κ3) is 5.86. The Labute approximate surface area is 204 Å². The maximum Gasteiger partial charge on any atom is 0.259 e. The molecule has 178 valence electrons. The predicted molar refractivity (Wildman–Crippen MR) is 138 cm³/mol. The molecular weight excluding hydrogens is 442 g/mol. The summed E-state index contributed by atoms with van der Waals surface area (Å²) in [6.07, 6.45) is 0. The zero-order valence-corrected chi connectivity index (χ0v) is 20.0. The highest BCUT2D eigenvalue weighted by Crippen LogP contribution is 2.31. The van der Waals surface area contributed by atoms with E-state index in [1.54, 1.807) is 18.2 Å². The molecule has 4 aromatic rings. The number of nitrogens with one attached hydrogen (secondary N) is 3. The second kappa shape index (κ2) is 10.6. The van der Waals surface area contributed by atoms with Crippen molar-refractivity contribution in [3.05, 3.63) is 89.7 Å². The van der Waals surface area contributed by atoms with E-state index in [1.807, 2.05) is 68.4 Å². The van der Waals surface area contributed by atoms with Gasteiger partial charge in [0.25, 0.3) is 5.91 Å². The van der Waals surface area contributed by atoms with Crippen molar-refractivity contribution in [1.82, 2.24) is 9.97 Å². The Morgan fingerprint density at radius 2 is 1.31 bits per heavy atom. The molecule has 1 amide bonds. The molecule has 3 N–H and O–H groups in total. The van der Waals surface area contributed by atoms with Crippen LogP contribution in [0.1, 0.15) is 21.7 Å². The van der Waals surface area contributed by atoms with Crippen molar-refractivity contribution in [2.24, 2.45) is 0 Å². The average Bonchev–Trinajstić information content (AvgIpc) is 2.85. The number of hydrogen-bond acceptors (Lipinski definition) is 7. The predicted octanol–water partition coefficient (Wildman–Crippen LogP) is 5.85. The minimum absolute atomic E-state index is 0.292. The van der Waals surface area contributed by atoms with Gasteiger partial charge in [-0.3, -0.25) is 4.79 Å². The quantitative estimate of drug-likeness (QED) is 0.298. The first-order valence-corrected chi connectivity index (χ1v) is 11.0. The van der Waals surface area contributed by atoms with Crippen molar-refractivity contribution in [3.63, 3.8) is 0 Å². The lowest BCUT2D eigenvalue weighted by Crippen LogP contribution is -2.13. The maximum absolute atomic E-state index is 12.8. The molecule has 0 aliphatic carbocycles. The molecule has 0 aliphatic rings. The lowest BCUT2D eigenvalue weighted by molar-refractivity contribution is 0.102. The first-order chi connectivity index (χ1) is 16.9. The topological polar surface area (TPSA) is 97.4 Å². The van der Waals surface area contributed by atoms with Gasteiger partial charge < -0.3 is 25.4 Å². The Kier molecular flexibility index (Phi) is 7.11. The second-order valence-corrected chi connectivity index (χ2v) is 7.87. The fraction of sp³-hybridized carbons (Fsp3) is 0.148. The standard InChI is InChI=1S/C27H27N5O3/c1-17-8-10-19(11-9-17)30-24-16-25(29-18(2)28-24)31-20-12-14-21(15-13-20)32-27(33)22-6-5-7-23(34-3)26(22)35-4/h5-16H,1-4H3,(H,32,33)(H2,28,29,30,31). The zero-order chi connectivity index (χ0) is 24.8. The summed E-state index contributed by atoms with van der Waals surface area (Å²) < 4.78 is 10.6. The van der Waals surface area contributed by atoms with Gasteiger partial charge in [-0.15, -0.1) is 0 Å². The average molecular weight is 470 g/mol. The highest BCUT2D eigenvalue weighted by atomic mass is 16.5. The van der Waals surface area contributed by atoms with E-state index in [9.17, 15) is 4.79 Å². The Morgan fingerprint density at radius 3 is 1.89 bits per heavy atom. The summed E-state index contributed by atoms with van der Waals surface area (Å²) in [5, 5.41) is 9.48. The largest absolute Gasteiger partial charge is 0.493 e. The number of hydrogen-bond donors (Lipinski definition) is 3. The fourth-order valence-electron chi connectivity index (χ4n) is 3.53. The fourth-order valence-corrected chi connectivity index (χ4v) is 3.53. The van der Waals surface area contributed by atoms with Crippen LogP contribution in [0.15, 0.2) is 72.8 Å². The van der Waals surface area contributed by atoms with Crippen LogP contribution in [0.3, 0.4) is 0 Å². The molecule has 0 aliphatic heterocycles. The number of amides is 1. The summed E-state index contributed by atoms with van der Waals surface area (Å²) >= 11 is 0. The van der Waals surface area contributed by atoms with E-state index in [1.165, 1.54) is 19.8 Å². The van der Waals surface area contributed by atoms with Gasteiger partial charge in [0.15, 0.2) is 11.5 Å². The van der Waals surface area contributed by atoms with Gasteiger partial charge in [-0.05, 0) is 62.4 Å². The van der Waals surface area contributed by atoms with Gasteiger partial charge in [0.2, 0.25) is 0 Å². The van der Waals surface area contributed by atoms with Gasteiger partial charge in [0.05, 0.1) is 19.8 Å². The number of carbonyl (C=O) groups is 1. The summed E-state index contributed by atoms with van der Waals surface area (Å²) in [6.45, 7) is 3.89. The number of anilines is 5. The van der Waals surface area contributed by atoms with Crippen molar-refractivity contribution in [2.45, 2.75) is 13.8 Å². The van der Waals surface area contributed by atoms with Crippen LogP contribution in [0.25, 0.3) is 0 Å². The molecule has 0 fully saturated rings. The van der Waals surface area contributed by atoms with E-state index >= 15 is 0 Å². The van der Waals surface area contributed by atoms with Crippen LogP contribution in [0.5, 0.6) is 11.5 Å². The Bertz CT molecular complexity index is 1320. The van der Waals surface area contributed by atoms with E-state index in [-0.39, 0.29) is 5.91 Å². The SMILES string of the molecule is COc1cccc(C(=O)Nc2ccc(Nc3cc(Nc4ccc(C)cc4)nc(C)n3)cc2)c1OC. The third-order valence-electron chi connectivity index (χ3n) is 5.22. The van der Waals surface area contributed by atoms with Crippen molar-refractivity contribution in [2.75, 3.05) is 30.2 Å². The highest BCUT2D eigenvalue weighted by molar-refractivity contribution is 6.06. The van der Waals surface area contributed by atoms with Gasteiger partial charge in [-0.2, -0.15) is 0 Å². The van der Waals surface area contributed by atoms with Crippen LogP contribution < -0.4 is 25.4 Å². The van der Waals surface area contributed by atoms with Crippen LogP contribution in [0, 0.1) is 13.8 Å². The highest BCUT2D eigenvalue weighted by Gasteiger charge is 2.16. The monoisotopic (exact) mass is 469 g/mol. The van der Waals surface area contributed by atoms with Gasteiger partial charge in [0.1, 0.15) is 17.5 Å². The van der Waals surface area contributed by atoms with E-state index in [0.717, 1.165) is 11.4 Å². The van der Waals surface area contributed by atoms with Crippen molar-refractivity contribution < 1.29 is 14.3 Å². The molecule has 4 rings (SSSR count). The molecule has 0 saturated heterocycles. The molecule has 0 atom stereocenters. The van der Waals surface area contributed by atoms with E-state index < -0.39 is 0 Å². The number of methoxy groups -OCH3 is 2. The Balaban J connectivity index is 1.45. The van der Waals surface area contributed by atoms with Crippen molar-refractivity contribution in [1.29, 1.82) is 0 Å². The third-order valence-corrected chi connectivity index (χ3v) is 5.22. The van der Waals surface area contributed by atoms with Crippen LogP contribution in [-0.4, -0.2) is 30.1 Å². The van der Waals surface area contributed by atoms with Gasteiger partial charge in [0, 0.05) is 23.1 Å². The summed E-state index contributed by atoms with van der Waals surface area (Å²) in [6, 6.07) is 22.5. The lowest BCUT2D eigenvalue weighted by Gasteiger charge is -2.13. The Morgan fingerprint density at radius 1 is 0.743 bits per heavy atom. The number of para-hydroxylation sites is 1. The minimum Gasteiger partial charge on any atom is -0.493 e. The minimum atomic E-state index is -0.292. The molecule has 0 saturated carbocycles. The first kappa shape index (κ1) is 23.6. The molecule has 3 aromatic carbocycles. The molecular formula is C27H27N5O3. The summed E-state index contributed by atoms with van der Waals surface area (Å²) in [5.41, 5.74) is 4.00. The molecule has 35 heavy (non-hydrogen) atoms. The number of nitrogens with zero attached hydrogens (tertiary/aromatic N) is 2. The first-order valence-electron chi connectivity index (χ1n) is 11.0. The van der Waals surface area contributed by atoms with Gasteiger partial charge in [-0.25, -0.2) is 9.97 Å². The van der Waals surface area contributed by atoms with Gasteiger partial charge >= 0.3 is 0 Å². The van der Waals surface area contributed by atoms with Crippen LogP contribution >= 0.6 is 0 Å². The number of carbonyl (C=O) groups excluding carboxylic acids is 1. The van der Waals surface area contributed by atoms with Crippen LogP contribution in [0.4, 0.5) is 28.7 Å². The van der Waals surface area contributed by atoms with Crippen molar-refractivity contribution >= 4 is 34.6 Å². The summed E-state index contributed by atoms with van der Waals surface area (Å²) in [5.74, 6) is 2.58. The number of rotatable bonds is 8. The number of aromatic nitrogens is 2. The molecule has 1 aromatic heterocycles. The smallest absolute Gasteiger partial charge is 0.259 e. The summed E-state index contributed by atoms with van der Waals surface area (Å²) in [7, 11) is 3.04. The molecule has 0 bridgehead atoms. The molecule has 8 nitrogen and oxygen atoms in total. The Hall–Kier alpha value is -4.59. The van der Waals surface area contributed by atoms with Crippen LogP contribution in [0.2, 0.25) is 0 Å². The molecule has 0 radical (unpaired) electrons. The molecule has 0 unspecified atom stereocenters.